The molecule has 2 saturated heterocycles. The van der Waals surface area contributed by atoms with Gasteiger partial charge in [0.05, 0.1) is 19.1 Å². The Hall–Kier alpha value is -4.42. The number of nitrogens with one attached hydrogen (secondary N) is 1. The van der Waals surface area contributed by atoms with Gasteiger partial charge in [-0.15, -0.1) is 0 Å². The minimum Gasteiger partial charge on any atom is -0.497 e. The zero-order chi connectivity index (χ0) is 27.5. The smallest absolute Gasteiger partial charge is 0.251 e. The maximum atomic E-state index is 14.9. The molecule has 0 spiro atoms. The summed E-state index contributed by atoms with van der Waals surface area (Å²) in [5.41, 5.74) is 2.22. The van der Waals surface area contributed by atoms with Gasteiger partial charge >= 0.3 is 0 Å². The number of carbonyl (C=O) groups is 2. The van der Waals surface area contributed by atoms with Gasteiger partial charge in [-0.25, -0.2) is 0 Å². The summed E-state index contributed by atoms with van der Waals surface area (Å²) in [6.07, 6.45) is 1.97. The highest BCUT2D eigenvalue weighted by atomic mass is 16.5. The van der Waals surface area contributed by atoms with E-state index in [4.69, 9.17) is 4.74 Å². The quantitative estimate of drug-likeness (QED) is 0.282. The third kappa shape index (κ3) is 4.34. The predicted octanol–water partition coefficient (Wildman–Crippen LogP) is 6.04. The molecule has 4 aromatic rings. The molecule has 3 atom stereocenters. The molecule has 1 N–H and O–H groups in total. The van der Waals surface area contributed by atoms with E-state index in [0.717, 1.165) is 48.5 Å². The number of benzene rings is 4. The molecule has 3 unspecified atom stereocenters. The summed E-state index contributed by atoms with van der Waals surface area (Å²) in [4.78, 5) is 33.4. The second kappa shape index (κ2) is 11.0. The second-order valence-corrected chi connectivity index (χ2v) is 10.4. The molecule has 2 amide bonds. The number of β-lactam (4-membered cyclic amide) rings is 1. The van der Waals surface area contributed by atoms with Gasteiger partial charge in [-0.2, -0.15) is 0 Å². The Morgan fingerprint density at radius 1 is 0.825 bits per heavy atom. The van der Waals surface area contributed by atoms with Gasteiger partial charge in [0, 0.05) is 11.4 Å². The van der Waals surface area contributed by atoms with Crippen LogP contribution in [0.15, 0.2) is 115 Å². The first kappa shape index (κ1) is 25.8. The fourth-order valence-corrected chi connectivity index (χ4v) is 6.45. The van der Waals surface area contributed by atoms with Crippen LogP contribution in [0, 0.1) is 0 Å². The van der Waals surface area contributed by atoms with Crippen LogP contribution in [0.2, 0.25) is 0 Å². The minimum atomic E-state index is -1.10. The van der Waals surface area contributed by atoms with Crippen molar-refractivity contribution in [1.82, 2.24) is 4.90 Å². The van der Waals surface area contributed by atoms with E-state index in [9.17, 15) is 9.59 Å². The fraction of sp³-hybridized carbons (Fsp3) is 0.235. The number of nitrogens with zero attached hydrogens (tertiary/aromatic N) is 2. The van der Waals surface area contributed by atoms with Gasteiger partial charge in [0.25, 0.3) is 5.91 Å². The van der Waals surface area contributed by atoms with Crippen molar-refractivity contribution in [3.63, 3.8) is 0 Å². The number of carbonyl (C=O) groups excluding carboxylic acids is 2. The predicted molar refractivity (Wildman–Crippen MR) is 157 cm³/mol. The number of methoxy groups -OCH3 is 1. The summed E-state index contributed by atoms with van der Waals surface area (Å²) in [6.45, 7) is 1.51. The monoisotopic (exact) mass is 531 g/mol. The molecular weight excluding hydrogens is 498 g/mol. The van der Waals surface area contributed by atoms with Gasteiger partial charge in [-0.3, -0.25) is 14.5 Å². The third-order valence-electron chi connectivity index (χ3n) is 8.21. The van der Waals surface area contributed by atoms with Crippen LogP contribution < -0.4 is 15.0 Å². The maximum Gasteiger partial charge on any atom is 0.251 e. The first-order chi connectivity index (χ1) is 19.6. The molecule has 6 nitrogen and oxygen atoms in total. The molecule has 0 aromatic heterocycles. The second-order valence-electron chi connectivity index (χ2n) is 10.4. The molecule has 0 radical (unpaired) electrons. The summed E-state index contributed by atoms with van der Waals surface area (Å²) < 4.78 is 5.38. The van der Waals surface area contributed by atoms with E-state index in [0.29, 0.717) is 5.69 Å². The fourth-order valence-electron chi connectivity index (χ4n) is 6.45. The summed E-state index contributed by atoms with van der Waals surface area (Å²) in [5.74, 6) is -0.263. The number of anilines is 2. The lowest BCUT2D eigenvalue weighted by molar-refractivity contribution is -0.150. The zero-order valence-electron chi connectivity index (χ0n) is 22.6. The van der Waals surface area contributed by atoms with Crippen molar-refractivity contribution in [1.29, 1.82) is 0 Å². The lowest BCUT2D eigenvalue weighted by Gasteiger charge is -2.62. The highest BCUT2D eigenvalue weighted by Crippen LogP contribution is 2.57. The van der Waals surface area contributed by atoms with E-state index in [2.05, 4.69) is 22.3 Å². The van der Waals surface area contributed by atoms with Crippen LogP contribution in [0.3, 0.4) is 0 Å². The van der Waals surface area contributed by atoms with Gasteiger partial charge in [0.2, 0.25) is 5.91 Å². The SMILES string of the molecule is COc1ccc(N2C(=O)C(C(C(=O)Nc3ccccc3)c3ccccc3)(N3CCCC3)C2c2ccccc2)cc1. The Labute approximate surface area is 235 Å². The highest BCUT2D eigenvalue weighted by molar-refractivity contribution is 6.14. The molecule has 2 fully saturated rings. The van der Waals surface area contributed by atoms with Crippen molar-refractivity contribution in [3.05, 3.63) is 126 Å². The Morgan fingerprint density at radius 2 is 1.40 bits per heavy atom. The first-order valence-electron chi connectivity index (χ1n) is 13.8. The molecule has 4 aromatic carbocycles. The van der Waals surface area contributed by atoms with E-state index in [1.165, 1.54) is 0 Å². The first-order valence-corrected chi connectivity index (χ1v) is 13.8. The number of amides is 2. The number of para-hydroxylation sites is 1. The number of ether oxygens (including phenoxy) is 1. The van der Waals surface area contributed by atoms with Gasteiger partial charge in [0.15, 0.2) is 0 Å². The van der Waals surface area contributed by atoms with Crippen LogP contribution >= 0.6 is 0 Å². The average molecular weight is 532 g/mol. The molecule has 0 aliphatic carbocycles. The van der Waals surface area contributed by atoms with E-state index < -0.39 is 11.5 Å². The lowest BCUT2D eigenvalue weighted by atomic mass is 9.63. The zero-order valence-corrected chi connectivity index (χ0v) is 22.6. The Balaban J connectivity index is 1.54. The highest BCUT2D eigenvalue weighted by Gasteiger charge is 2.70. The van der Waals surface area contributed by atoms with Gasteiger partial charge in [-0.05, 0) is 73.5 Å². The molecule has 2 aliphatic rings. The molecule has 6 heteroatoms. The van der Waals surface area contributed by atoms with Crippen molar-refractivity contribution in [3.8, 4) is 5.75 Å². The van der Waals surface area contributed by atoms with Crippen molar-refractivity contribution >= 4 is 23.2 Å². The molecule has 2 aliphatic heterocycles. The van der Waals surface area contributed by atoms with Crippen molar-refractivity contribution in [2.45, 2.75) is 30.3 Å². The summed E-state index contributed by atoms with van der Waals surface area (Å²) in [5, 5.41) is 3.15. The number of hydrogen-bond donors (Lipinski definition) is 1. The Bertz CT molecular complexity index is 1460. The topological polar surface area (TPSA) is 61.9 Å². The van der Waals surface area contributed by atoms with Crippen molar-refractivity contribution in [2.24, 2.45) is 0 Å². The van der Waals surface area contributed by atoms with Crippen LogP contribution in [0.4, 0.5) is 11.4 Å². The molecule has 40 heavy (non-hydrogen) atoms. The summed E-state index contributed by atoms with van der Waals surface area (Å²) in [6, 6.07) is 36.6. The molecule has 2 heterocycles. The van der Waals surface area contributed by atoms with Gasteiger partial charge < -0.3 is 15.0 Å². The van der Waals surface area contributed by atoms with Gasteiger partial charge in [-0.1, -0.05) is 78.9 Å². The Kier molecular flexibility index (Phi) is 7.10. The van der Waals surface area contributed by atoms with Crippen LogP contribution in [0.25, 0.3) is 0 Å². The van der Waals surface area contributed by atoms with Crippen LogP contribution in [-0.4, -0.2) is 42.5 Å². The van der Waals surface area contributed by atoms with E-state index >= 15 is 0 Å². The molecular formula is C34H33N3O3. The Morgan fingerprint density at radius 3 is 2.00 bits per heavy atom. The molecule has 6 rings (SSSR count). The van der Waals surface area contributed by atoms with E-state index in [1.54, 1.807) is 7.11 Å². The van der Waals surface area contributed by atoms with Crippen LogP contribution in [0.5, 0.6) is 5.75 Å². The van der Waals surface area contributed by atoms with E-state index in [-0.39, 0.29) is 17.9 Å². The standard InChI is InChI=1S/C34H33N3O3/c1-40-29-21-19-28(20-22-29)37-31(26-15-7-3-8-16-26)34(33(37)39,36-23-11-12-24-36)30(25-13-5-2-6-14-25)32(38)35-27-17-9-4-10-18-27/h2-10,13-22,30-31H,11-12,23-24H2,1H3,(H,35,38). The number of likely N-dealkylation sites (tertiary alicyclic amines) is 1. The normalized spacial score (nSPS) is 21.5. The van der Waals surface area contributed by atoms with Gasteiger partial charge in [0.1, 0.15) is 11.3 Å². The van der Waals surface area contributed by atoms with Crippen LogP contribution in [-0.2, 0) is 9.59 Å². The van der Waals surface area contributed by atoms with Crippen molar-refractivity contribution in [2.75, 3.05) is 30.4 Å². The molecule has 0 bridgehead atoms. The summed E-state index contributed by atoms with van der Waals surface area (Å²) in [7, 11) is 1.63. The van der Waals surface area contributed by atoms with Crippen LogP contribution in [0.1, 0.15) is 35.9 Å². The molecule has 202 valence electrons. The summed E-state index contributed by atoms with van der Waals surface area (Å²) >= 11 is 0. The van der Waals surface area contributed by atoms with E-state index in [1.807, 2.05) is 108 Å². The minimum absolute atomic E-state index is 0.0644. The van der Waals surface area contributed by atoms with Crippen molar-refractivity contribution < 1.29 is 14.3 Å². The maximum absolute atomic E-state index is 14.9. The average Bonchev–Trinajstić information content (AvgIpc) is 3.55. The third-order valence-corrected chi connectivity index (χ3v) is 8.21. The number of hydrogen-bond acceptors (Lipinski definition) is 4. The lowest BCUT2D eigenvalue weighted by Crippen LogP contribution is -2.78. The largest absolute Gasteiger partial charge is 0.497 e. The number of rotatable bonds is 8. The molecule has 0 saturated carbocycles.